The Bertz CT molecular complexity index is 615. The average Bonchev–Trinajstić information content (AvgIpc) is 2.48. The highest BCUT2D eigenvalue weighted by atomic mass is 16.1. The number of fused-ring (bicyclic) bond motifs is 1. The number of nitrogens with zero attached hydrogens (tertiary/aromatic N) is 2. The monoisotopic (exact) mass is 264 g/mol. The molecule has 1 aliphatic carbocycles. The van der Waals surface area contributed by atoms with Gasteiger partial charge in [-0.1, -0.05) is 31.2 Å². The number of aldehydes is 1. The second kappa shape index (κ2) is 6.17. The lowest BCUT2D eigenvalue weighted by Gasteiger charge is -2.31. The molecule has 1 aromatic rings. The summed E-state index contributed by atoms with van der Waals surface area (Å²) in [5, 5.41) is 18.5. The number of hydrogen-bond donors (Lipinski definition) is 0. The minimum atomic E-state index is 0.101. The second-order valence-electron chi connectivity index (χ2n) is 5.19. The molecule has 0 heterocycles. The van der Waals surface area contributed by atoms with Crippen LogP contribution in [0.25, 0.3) is 5.57 Å². The zero-order valence-corrected chi connectivity index (χ0v) is 11.5. The number of allylic oxidation sites excluding steroid dienone is 2. The summed E-state index contributed by atoms with van der Waals surface area (Å²) in [6.07, 6.45) is 3.19. The Labute approximate surface area is 119 Å². The van der Waals surface area contributed by atoms with Crippen LogP contribution in [0.4, 0.5) is 0 Å². The molecule has 1 aromatic carbocycles. The largest absolute Gasteiger partial charge is 0.303 e. The van der Waals surface area contributed by atoms with Gasteiger partial charge in [0.1, 0.15) is 24.0 Å². The normalized spacial score (nSPS) is 18.4. The van der Waals surface area contributed by atoms with E-state index in [1.807, 2.05) is 43.3 Å². The fourth-order valence-corrected chi connectivity index (χ4v) is 3.01. The molecule has 1 unspecified atom stereocenters. The molecule has 3 heteroatoms. The van der Waals surface area contributed by atoms with Crippen LogP contribution in [-0.2, 0) is 11.2 Å². The van der Waals surface area contributed by atoms with Crippen molar-refractivity contribution in [2.24, 2.45) is 11.8 Å². The summed E-state index contributed by atoms with van der Waals surface area (Å²) in [5.41, 5.74) is 3.19. The first-order valence-electron chi connectivity index (χ1n) is 6.79. The van der Waals surface area contributed by atoms with Gasteiger partial charge in [-0.05, 0) is 41.4 Å². The molecule has 0 saturated heterocycles. The first-order valence-corrected chi connectivity index (χ1v) is 6.79. The lowest BCUT2D eigenvalue weighted by molar-refractivity contribution is -0.108. The summed E-state index contributed by atoms with van der Waals surface area (Å²) < 4.78 is 0. The predicted octanol–water partition coefficient (Wildman–Crippen LogP) is 3.27. The van der Waals surface area contributed by atoms with Crippen molar-refractivity contribution in [2.45, 2.75) is 26.2 Å². The van der Waals surface area contributed by atoms with Crippen molar-refractivity contribution in [3.8, 4) is 12.1 Å². The van der Waals surface area contributed by atoms with E-state index in [1.165, 1.54) is 5.56 Å². The first kappa shape index (κ1) is 14.0. The van der Waals surface area contributed by atoms with Gasteiger partial charge in [-0.15, -0.1) is 0 Å². The van der Waals surface area contributed by atoms with Crippen LogP contribution in [0.5, 0.6) is 0 Å². The second-order valence-corrected chi connectivity index (χ2v) is 5.19. The van der Waals surface area contributed by atoms with Crippen molar-refractivity contribution in [1.29, 1.82) is 10.5 Å². The summed E-state index contributed by atoms with van der Waals surface area (Å²) in [6.45, 7) is 2.01. The maximum Gasteiger partial charge on any atom is 0.133 e. The Hall–Kier alpha value is -2.39. The van der Waals surface area contributed by atoms with Gasteiger partial charge in [-0.2, -0.15) is 10.5 Å². The average molecular weight is 264 g/mol. The lowest BCUT2D eigenvalue weighted by Crippen LogP contribution is -2.21. The molecule has 3 nitrogen and oxygen atoms in total. The highest BCUT2D eigenvalue weighted by Gasteiger charge is 2.30. The summed E-state index contributed by atoms with van der Waals surface area (Å²) in [4.78, 5) is 10.8. The van der Waals surface area contributed by atoms with Crippen LogP contribution in [0.3, 0.4) is 0 Å². The summed E-state index contributed by atoms with van der Waals surface area (Å²) >= 11 is 0. The van der Waals surface area contributed by atoms with Gasteiger partial charge in [-0.25, -0.2) is 0 Å². The summed E-state index contributed by atoms with van der Waals surface area (Å²) in [6, 6.07) is 12.0. The van der Waals surface area contributed by atoms with E-state index in [4.69, 9.17) is 0 Å². The zero-order chi connectivity index (χ0) is 14.5. The highest BCUT2D eigenvalue weighted by molar-refractivity contribution is 5.80. The van der Waals surface area contributed by atoms with Crippen LogP contribution in [-0.4, -0.2) is 6.29 Å². The van der Waals surface area contributed by atoms with Crippen molar-refractivity contribution in [3.05, 3.63) is 41.0 Å². The molecule has 0 aromatic heterocycles. The molecular weight excluding hydrogens is 248 g/mol. The van der Waals surface area contributed by atoms with E-state index in [0.29, 0.717) is 6.42 Å². The van der Waals surface area contributed by atoms with Gasteiger partial charge < -0.3 is 4.79 Å². The molecule has 0 spiro atoms. The van der Waals surface area contributed by atoms with Crippen molar-refractivity contribution in [3.63, 3.8) is 0 Å². The Morgan fingerprint density at radius 3 is 2.75 bits per heavy atom. The number of rotatable bonds is 3. The predicted molar refractivity (Wildman–Crippen MR) is 76.2 cm³/mol. The number of benzene rings is 1. The van der Waals surface area contributed by atoms with Gasteiger partial charge in [0.25, 0.3) is 0 Å². The van der Waals surface area contributed by atoms with Crippen molar-refractivity contribution in [2.75, 3.05) is 0 Å². The smallest absolute Gasteiger partial charge is 0.133 e. The fourth-order valence-electron chi connectivity index (χ4n) is 3.01. The van der Waals surface area contributed by atoms with Crippen LogP contribution in [0.2, 0.25) is 0 Å². The molecule has 0 amide bonds. The topological polar surface area (TPSA) is 64.7 Å². The fraction of sp³-hybridized carbons (Fsp3) is 0.353. The minimum Gasteiger partial charge on any atom is -0.303 e. The first-order chi connectivity index (χ1) is 9.72. The van der Waals surface area contributed by atoms with E-state index in [9.17, 15) is 15.3 Å². The van der Waals surface area contributed by atoms with Crippen molar-refractivity contribution < 1.29 is 4.79 Å². The quantitative estimate of drug-likeness (QED) is 0.621. The molecule has 0 aliphatic heterocycles. The van der Waals surface area contributed by atoms with E-state index in [0.717, 1.165) is 30.3 Å². The Balaban J connectivity index is 2.58. The molecule has 2 atom stereocenters. The van der Waals surface area contributed by atoms with Crippen LogP contribution in [0, 0.1) is 34.5 Å². The van der Waals surface area contributed by atoms with Crippen LogP contribution < -0.4 is 0 Å². The summed E-state index contributed by atoms with van der Waals surface area (Å²) in [5.74, 6) is 0.247. The molecule has 0 saturated carbocycles. The third kappa shape index (κ3) is 2.49. The number of carbonyl (C=O) groups is 1. The van der Waals surface area contributed by atoms with Crippen LogP contribution in [0.15, 0.2) is 29.8 Å². The molecule has 0 radical (unpaired) electrons. The standard InChI is InChI=1S/C17H16N2O/c1-12(8-9-20)15-7-6-13-4-2-3-5-16(13)17(15)14(10-18)11-19/h2-5,9,12,15H,6-8H2,1H3/t12-,15?/m1/s1. The van der Waals surface area contributed by atoms with Gasteiger partial charge in [-0.3, -0.25) is 0 Å². The molecule has 0 fully saturated rings. The van der Waals surface area contributed by atoms with Crippen LogP contribution in [0.1, 0.15) is 30.9 Å². The number of carbonyl (C=O) groups excluding carboxylic acids is 1. The Kier molecular flexibility index (Phi) is 4.33. The van der Waals surface area contributed by atoms with Crippen LogP contribution >= 0.6 is 0 Å². The van der Waals surface area contributed by atoms with E-state index < -0.39 is 0 Å². The minimum absolute atomic E-state index is 0.101. The van der Waals surface area contributed by atoms with E-state index in [-0.39, 0.29) is 17.4 Å². The molecule has 100 valence electrons. The van der Waals surface area contributed by atoms with Crippen molar-refractivity contribution in [1.82, 2.24) is 0 Å². The Morgan fingerprint density at radius 1 is 1.40 bits per heavy atom. The molecule has 0 N–H and O–H groups in total. The lowest BCUT2D eigenvalue weighted by atomic mass is 9.71. The van der Waals surface area contributed by atoms with E-state index in [2.05, 4.69) is 0 Å². The van der Waals surface area contributed by atoms with Gasteiger partial charge in [0.15, 0.2) is 0 Å². The van der Waals surface area contributed by atoms with Crippen molar-refractivity contribution >= 4 is 11.9 Å². The molecule has 2 rings (SSSR count). The third-order valence-electron chi connectivity index (χ3n) is 4.05. The van der Waals surface area contributed by atoms with E-state index in [1.54, 1.807) is 0 Å². The van der Waals surface area contributed by atoms with Gasteiger partial charge >= 0.3 is 0 Å². The van der Waals surface area contributed by atoms with Gasteiger partial charge in [0, 0.05) is 6.42 Å². The Morgan fingerprint density at radius 2 is 2.10 bits per heavy atom. The van der Waals surface area contributed by atoms with Gasteiger partial charge in [0.2, 0.25) is 0 Å². The van der Waals surface area contributed by atoms with E-state index >= 15 is 0 Å². The SMILES string of the molecule is C[C@H](CC=O)C1CCc2ccccc2C1=C(C#N)C#N. The molecular formula is C17H16N2O. The number of nitriles is 2. The molecule has 20 heavy (non-hydrogen) atoms. The number of aryl methyl sites for hydroxylation is 1. The summed E-state index contributed by atoms with van der Waals surface area (Å²) in [7, 11) is 0. The maximum absolute atomic E-state index is 10.8. The molecule has 0 bridgehead atoms. The number of hydrogen-bond acceptors (Lipinski definition) is 3. The molecule has 1 aliphatic rings. The maximum atomic E-state index is 10.8. The third-order valence-corrected chi connectivity index (χ3v) is 4.05. The zero-order valence-electron chi connectivity index (χ0n) is 11.5. The highest BCUT2D eigenvalue weighted by Crippen LogP contribution is 2.41. The van der Waals surface area contributed by atoms with Gasteiger partial charge in [0.05, 0.1) is 0 Å².